The van der Waals surface area contributed by atoms with Gasteiger partial charge >= 0.3 is 0 Å². The Labute approximate surface area is 197 Å². The summed E-state index contributed by atoms with van der Waals surface area (Å²) in [5.41, 5.74) is 0. The van der Waals surface area contributed by atoms with Crippen LogP contribution >= 0.6 is 24.0 Å². The Morgan fingerprint density at radius 2 is 2.10 bits per heavy atom. The van der Waals surface area contributed by atoms with Gasteiger partial charge in [0.2, 0.25) is 10.0 Å². The smallest absolute Gasteiger partial charge is 0.216 e. The quantitative estimate of drug-likeness (QED) is 0.211. The molecule has 0 amide bonds. The van der Waals surface area contributed by atoms with Crippen molar-refractivity contribution in [1.82, 2.24) is 14.9 Å². The Bertz CT molecular complexity index is 736. The van der Waals surface area contributed by atoms with Crippen LogP contribution in [0.15, 0.2) is 27.8 Å². The molecule has 1 aliphatic carbocycles. The molecule has 1 unspecified atom stereocenters. The maximum Gasteiger partial charge on any atom is 0.216 e. The molecule has 30 heavy (non-hydrogen) atoms. The van der Waals surface area contributed by atoms with Gasteiger partial charge in [-0.15, -0.1) is 24.0 Å². The van der Waals surface area contributed by atoms with Crippen molar-refractivity contribution >= 4 is 40.0 Å². The van der Waals surface area contributed by atoms with E-state index >= 15 is 0 Å². The van der Waals surface area contributed by atoms with Gasteiger partial charge in [0.1, 0.15) is 5.76 Å². The van der Waals surface area contributed by atoms with Gasteiger partial charge < -0.3 is 19.4 Å². The minimum absolute atomic E-state index is 0. The molecule has 1 saturated carbocycles. The standard InChI is InChI=1S/C20H34N4O4S.HI/c1-27-15-12-22-20(21-11-10-18-8-5-14-28-18)24-13-4-9-19(16-24)29(25,26)23-17-6-2-3-7-17;/h5,8,14,17,19,23H,2-4,6-7,9-13,15-16H2,1H3,(H,21,22);1H. The predicted molar refractivity (Wildman–Crippen MR) is 129 cm³/mol. The number of hydrogen-bond donors (Lipinski definition) is 2. The van der Waals surface area contributed by atoms with Crippen molar-refractivity contribution in [2.45, 2.75) is 56.2 Å². The van der Waals surface area contributed by atoms with Crippen molar-refractivity contribution in [3.8, 4) is 0 Å². The van der Waals surface area contributed by atoms with Crippen molar-refractivity contribution in [1.29, 1.82) is 0 Å². The average Bonchev–Trinajstić information content (AvgIpc) is 3.41. The molecule has 10 heteroatoms. The molecule has 1 atom stereocenters. The van der Waals surface area contributed by atoms with E-state index in [9.17, 15) is 8.42 Å². The number of nitrogens with one attached hydrogen (secondary N) is 2. The zero-order chi connectivity index (χ0) is 20.5. The van der Waals surface area contributed by atoms with E-state index < -0.39 is 15.3 Å². The summed E-state index contributed by atoms with van der Waals surface area (Å²) in [7, 11) is -1.68. The van der Waals surface area contributed by atoms with Gasteiger partial charge in [0.15, 0.2) is 5.96 Å². The van der Waals surface area contributed by atoms with Gasteiger partial charge in [0.05, 0.1) is 24.7 Å². The molecule has 0 aromatic carbocycles. The maximum atomic E-state index is 12.9. The lowest BCUT2D eigenvalue weighted by molar-refractivity contribution is 0.207. The fourth-order valence-electron chi connectivity index (χ4n) is 4.02. The van der Waals surface area contributed by atoms with Gasteiger partial charge in [-0.2, -0.15) is 0 Å². The maximum absolute atomic E-state index is 12.9. The molecule has 1 aromatic rings. The van der Waals surface area contributed by atoms with E-state index in [4.69, 9.17) is 9.15 Å². The zero-order valence-electron chi connectivity index (χ0n) is 17.7. The molecule has 1 aliphatic heterocycles. The lowest BCUT2D eigenvalue weighted by Crippen LogP contribution is -2.53. The molecule has 8 nitrogen and oxygen atoms in total. The molecule has 0 bridgehead atoms. The molecule has 2 heterocycles. The first kappa shape index (κ1) is 25.4. The van der Waals surface area contributed by atoms with E-state index in [1.807, 2.05) is 12.1 Å². The monoisotopic (exact) mass is 554 g/mol. The van der Waals surface area contributed by atoms with Gasteiger partial charge in [-0.3, -0.25) is 4.99 Å². The van der Waals surface area contributed by atoms with E-state index in [0.717, 1.165) is 56.8 Å². The molecule has 172 valence electrons. The number of piperidine rings is 1. The number of rotatable bonds is 9. The van der Waals surface area contributed by atoms with E-state index in [1.165, 1.54) is 0 Å². The van der Waals surface area contributed by atoms with Crippen molar-refractivity contribution < 1.29 is 17.6 Å². The third-order valence-corrected chi connectivity index (χ3v) is 7.52. The van der Waals surface area contributed by atoms with Gasteiger partial charge in [0, 0.05) is 39.2 Å². The number of sulfonamides is 1. The number of guanidine groups is 1. The molecule has 1 saturated heterocycles. The van der Waals surface area contributed by atoms with Gasteiger partial charge in [-0.25, -0.2) is 13.1 Å². The second kappa shape index (κ2) is 12.9. The van der Waals surface area contributed by atoms with Gasteiger partial charge in [-0.1, -0.05) is 12.8 Å². The molecule has 0 radical (unpaired) electrons. The number of halogens is 1. The van der Waals surface area contributed by atoms with Crippen LogP contribution in [-0.2, 0) is 21.2 Å². The van der Waals surface area contributed by atoms with Crippen molar-refractivity contribution in [2.75, 3.05) is 39.9 Å². The Hall–Kier alpha value is -0.850. The first-order valence-corrected chi connectivity index (χ1v) is 12.2. The van der Waals surface area contributed by atoms with E-state index in [2.05, 4.69) is 19.9 Å². The highest BCUT2D eigenvalue weighted by Gasteiger charge is 2.34. The van der Waals surface area contributed by atoms with Crippen LogP contribution in [0.4, 0.5) is 0 Å². The SMILES string of the molecule is COCCN=C(NCCc1ccco1)N1CCCC(S(=O)(=O)NC2CCCC2)C1.I. The summed E-state index contributed by atoms with van der Waals surface area (Å²) < 4.78 is 39.3. The number of ether oxygens (including phenoxy) is 1. The number of furan rings is 1. The Morgan fingerprint density at radius 3 is 2.80 bits per heavy atom. The third kappa shape index (κ3) is 7.69. The van der Waals surface area contributed by atoms with E-state index in [0.29, 0.717) is 32.7 Å². The third-order valence-electron chi connectivity index (χ3n) is 5.59. The minimum Gasteiger partial charge on any atom is -0.469 e. The zero-order valence-corrected chi connectivity index (χ0v) is 20.9. The van der Waals surface area contributed by atoms with Crippen LogP contribution in [0.2, 0.25) is 0 Å². The van der Waals surface area contributed by atoms with Crippen molar-refractivity contribution in [3.63, 3.8) is 0 Å². The van der Waals surface area contributed by atoms with Gasteiger partial charge in [0.25, 0.3) is 0 Å². The Kier molecular flexibility index (Phi) is 10.9. The molecular weight excluding hydrogens is 519 g/mol. The summed E-state index contributed by atoms with van der Waals surface area (Å²) >= 11 is 0. The van der Waals surface area contributed by atoms with Crippen LogP contribution in [0.25, 0.3) is 0 Å². The van der Waals surface area contributed by atoms with Crippen LogP contribution < -0.4 is 10.0 Å². The highest BCUT2D eigenvalue weighted by atomic mass is 127. The van der Waals surface area contributed by atoms with Crippen LogP contribution in [0, 0.1) is 0 Å². The van der Waals surface area contributed by atoms with Gasteiger partial charge in [-0.05, 0) is 37.8 Å². The van der Waals surface area contributed by atoms with Crippen molar-refractivity contribution in [3.05, 3.63) is 24.2 Å². The molecule has 2 aliphatic rings. The summed E-state index contributed by atoms with van der Waals surface area (Å²) in [6.45, 7) is 3.00. The number of methoxy groups -OCH3 is 1. The van der Waals surface area contributed by atoms with Crippen LogP contribution in [-0.4, -0.2) is 70.5 Å². The molecule has 2 fully saturated rings. The number of aliphatic imine (C=N–C) groups is 1. The fraction of sp³-hybridized carbons (Fsp3) is 0.750. The number of nitrogens with zero attached hydrogens (tertiary/aromatic N) is 2. The molecule has 3 rings (SSSR count). The normalized spacial score (nSPS) is 20.9. The lowest BCUT2D eigenvalue weighted by Gasteiger charge is -2.35. The lowest BCUT2D eigenvalue weighted by atomic mass is 10.1. The predicted octanol–water partition coefficient (Wildman–Crippen LogP) is 2.36. The Balaban J connectivity index is 0.00000320. The highest BCUT2D eigenvalue weighted by molar-refractivity contribution is 14.0. The molecule has 0 spiro atoms. The minimum atomic E-state index is -3.33. The molecular formula is C20H35IN4O4S. The van der Waals surface area contributed by atoms with Crippen LogP contribution in [0.1, 0.15) is 44.3 Å². The molecule has 2 N–H and O–H groups in total. The average molecular weight is 554 g/mol. The summed E-state index contributed by atoms with van der Waals surface area (Å²) in [5.74, 6) is 1.66. The first-order valence-electron chi connectivity index (χ1n) is 10.6. The summed E-state index contributed by atoms with van der Waals surface area (Å²) in [4.78, 5) is 6.71. The number of likely N-dealkylation sites (tertiary alicyclic amines) is 1. The number of hydrogen-bond acceptors (Lipinski definition) is 5. The Morgan fingerprint density at radius 1 is 1.30 bits per heavy atom. The molecule has 1 aromatic heterocycles. The topological polar surface area (TPSA) is 96.2 Å². The van der Waals surface area contributed by atoms with E-state index in [-0.39, 0.29) is 30.0 Å². The first-order chi connectivity index (χ1) is 14.1. The summed E-state index contributed by atoms with van der Waals surface area (Å²) in [6.07, 6.45) is 8.06. The second-order valence-corrected chi connectivity index (χ2v) is 9.80. The van der Waals surface area contributed by atoms with Crippen molar-refractivity contribution in [2.24, 2.45) is 4.99 Å². The fourth-order valence-corrected chi connectivity index (χ4v) is 5.76. The van der Waals surface area contributed by atoms with E-state index in [1.54, 1.807) is 13.4 Å². The van der Waals surface area contributed by atoms with Crippen LogP contribution in [0.3, 0.4) is 0 Å². The summed E-state index contributed by atoms with van der Waals surface area (Å²) in [5, 5.41) is 2.97. The summed E-state index contributed by atoms with van der Waals surface area (Å²) in [6, 6.07) is 3.93. The highest BCUT2D eigenvalue weighted by Crippen LogP contribution is 2.22. The van der Waals surface area contributed by atoms with Crippen LogP contribution in [0.5, 0.6) is 0 Å². The second-order valence-electron chi connectivity index (χ2n) is 7.81. The largest absolute Gasteiger partial charge is 0.469 e.